The molecule has 1 saturated carbocycles. The van der Waals surface area contributed by atoms with Gasteiger partial charge in [-0.3, -0.25) is 4.98 Å². The summed E-state index contributed by atoms with van der Waals surface area (Å²) in [5.74, 6) is 1.29. The summed E-state index contributed by atoms with van der Waals surface area (Å²) in [6.45, 7) is 3.75. The van der Waals surface area contributed by atoms with Gasteiger partial charge in [0, 0.05) is 55.3 Å². The molecule has 2 fully saturated rings. The Morgan fingerprint density at radius 3 is 2.84 bits per heavy atom. The Kier molecular flexibility index (Phi) is 4.17. The highest BCUT2D eigenvalue weighted by Crippen LogP contribution is 2.53. The lowest BCUT2D eigenvalue weighted by molar-refractivity contribution is 0.553. The van der Waals surface area contributed by atoms with Crippen LogP contribution in [-0.4, -0.2) is 46.1 Å². The number of aromatic amines is 1. The van der Waals surface area contributed by atoms with Gasteiger partial charge in [0.1, 0.15) is 23.1 Å². The number of rotatable bonds is 4. The summed E-state index contributed by atoms with van der Waals surface area (Å²) in [6, 6.07) is 7.39. The molecular formula is C24H26FN7. The molecular weight excluding hydrogens is 405 g/mol. The van der Waals surface area contributed by atoms with Gasteiger partial charge in [0.2, 0.25) is 0 Å². The highest BCUT2D eigenvalue weighted by Gasteiger charge is 2.55. The first kappa shape index (κ1) is 19.4. The number of aromatic nitrogens is 4. The van der Waals surface area contributed by atoms with Crippen LogP contribution in [0.4, 0.5) is 15.9 Å². The number of H-pyrrole nitrogens is 1. The van der Waals surface area contributed by atoms with Crippen molar-refractivity contribution in [1.82, 2.24) is 19.9 Å². The molecule has 164 valence electrons. The Morgan fingerprint density at radius 1 is 1.31 bits per heavy atom. The van der Waals surface area contributed by atoms with E-state index in [4.69, 9.17) is 15.7 Å². The van der Waals surface area contributed by atoms with Crippen LogP contribution in [0.1, 0.15) is 29.9 Å². The van der Waals surface area contributed by atoms with E-state index in [1.165, 1.54) is 6.07 Å². The van der Waals surface area contributed by atoms with E-state index in [1.54, 1.807) is 13.1 Å². The van der Waals surface area contributed by atoms with Gasteiger partial charge in [0.25, 0.3) is 0 Å². The molecule has 1 aromatic carbocycles. The molecule has 3 aromatic heterocycles. The second-order valence-electron chi connectivity index (χ2n) is 9.27. The highest BCUT2D eigenvalue weighted by molar-refractivity contribution is 6.14. The lowest BCUT2D eigenvalue weighted by Gasteiger charge is -2.19. The summed E-state index contributed by atoms with van der Waals surface area (Å²) in [4.78, 5) is 20.0. The van der Waals surface area contributed by atoms with E-state index in [2.05, 4.69) is 26.3 Å². The highest BCUT2D eigenvalue weighted by atomic mass is 19.1. The Labute approximate surface area is 185 Å². The molecule has 0 unspecified atom stereocenters. The van der Waals surface area contributed by atoms with E-state index in [0.717, 1.165) is 70.8 Å². The smallest absolute Gasteiger partial charge is 0.144 e. The molecule has 4 aromatic rings. The molecule has 1 spiro atoms. The fraction of sp³-hybridized carbons (Fsp3) is 0.375. The third kappa shape index (κ3) is 3.01. The van der Waals surface area contributed by atoms with Crippen LogP contribution in [0.3, 0.4) is 0 Å². The van der Waals surface area contributed by atoms with Crippen molar-refractivity contribution in [2.45, 2.75) is 32.2 Å². The standard InChI is InChI=1S/C24H26FN7/c1-13-3-4-14(11-28-13)7-19-29-22-20(16-8-15(25)9-17(27-2)21(16)31-22)23(30-19)32-6-5-24(12-32)10-18(24)26/h3-4,8-9,11,18,27H,5-7,10,12,26H2,1-2H3,(H,29,30,31)/t18-,24+/m0/s1. The molecule has 2 atom stereocenters. The van der Waals surface area contributed by atoms with E-state index in [0.29, 0.717) is 12.1 Å². The van der Waals surface area contributed by atoms with Crippen molar-refractivity contribution >= 4 is 33.4 Å². The number of nitrogens with one attached hydrogen (secondary N) is 2. The number of fused-ring (bicyclic) bond motifs is 3. The summed E-state index contributed by atoms with van der Waals surface area (Å²) in [7, 11) is 1.79. The van der Waals surface area contributed by atoms with Crippen LogP contribution < -0.4 is 16.0 Å². The second-order valence-corrected chi connectivity index (χ2v) is 9.27. The zero-order valence-electron chi connectivity index (χ0n) is 18.2. The van der Waals surface area contributed by atoms with Crippen LogP contribution in [0.5, 0.6) is 0 Å². The quantitative estimate of drug-likeness (QED) is 0.458. The molecule has 2 aliphatic rings. The van der Waals surface area contributed by atoms with Gasteiger partial charge in [-0.1, -0.05) is 6.07 Å². The Morgan fingerprint density at radius 2 is 2.16 bits per heavy atom. The normalized spacial score (nSPS) is 22.4. The van der Waals surface area contributed by atoms with Crippen molar-refractivity contribution in [1.29, 1.82) is 0 Å². The Balaban J connectivity index is 1.53. The van der Waals surface area contributed by atoms with Crippen molar-refractivity contribution in [2.24, 2.45) is 11.1 Å². The first-order valence-electron chi connectivity index (χ1n) is 11.1. The average molecular weight is 432 g/mol. The van der Waals surface area contributed by atoms with E-state index < -0.39 is 0 Å². The lowest BCUT2D eigenvalue weighted by Crippen LogP contribution is -2.24. The number of benzene rings is 1. The third-order valence-electron chi connectivity index (χ3n) is 7.09. The van der Waals surface area contributed by atoms with Gasteiger partial charge in [0.15, 0.2) is 0 Å². The molecule has 1 saturated heterocycles. The number of nitrogens with two attached hydrogens (primary N) is 1. The molecule has 8 heteroatoms. The number of hydrogen-bond acceptors (Lipinski definition) is 6. The number of anilines is 2. The third-order valence-corrected chi connectivity index (χ3v) is 7.09. The number of halogens is 1. The van der Waals surface area contributed by atoms with Crippen molar-refractivity contribution in [3.8, 4) is 0 Å². The summed E-state index contributed by atoms with van der Waals surface area (Å²) < 4.78 is 14.5. The summed E-state index contributed by atoms with van der Waals surface area (Å²) in [5, 5.41) is 4.76. The summed E-state index contributed by atoms with van der Waals surface area (Å²) in [6.07, 6.45) is 4.58. The van der Waals surface area contributed by atoms with E-state index in [1.807, 2.05) is 19.2 Å². The lowest BCUT2D eigenvalue weighted by atomic mass is 10.1. The van der Waals surface area contributed by atoms with E-state index in [9.17, 15) is 4.39 Å². The van der Waals surface area contributed by atoms with Crippen LogP contribution in [-0.2, 0) is 6.42 Å². The van der Waals surface area contributed by atoms with Crippen molar-refractivity contribution < 1.29 is 4.39 Å². The van der Waals surface area contributed by atoms with Crippen molar-refractivity contribution in [3.63, 3.8) is 0 Å². The maximum atomic E-state index is 14.5. The van der Waals surface area contributed by atoms with Crippen LogP contribution in [0, 0.1) is 18.2 Å². The molecule has 4 N–H and O–H groups in total. The molecule has 32 heavy (non-hydrogen) atoms. The zero-order chi connectivity index (χ0) is 22.0. The minimum absolute atomic E-state index is 0.200. The summed E-state index contributed by atoms with van der Waals surface area (Å²) >= 11 is 0. The molecule has 0 bridgehead atoms. The molecule has 7 nitrogen and oxygen atoms in total. The Hall–Kier alpha value is -3.26. The number of hydrogen-bond donors (Lipinski definition) is 3. The minimum Gasteiger partial charge on any atom is -0.386 e. The molecule has 6 rings (SSSR count). The van der Waals surface area contributed by atoms with E-state index >= 15 is 0 Å². The Bertz CT molecular complexity index is 1350. The van der Waals surface area contributed by atoms with Gasteiger partial charge >= 0.3 is 0 Å². The van der Waals surface area contributed by atoms with Crippen molar-refractivity contribution in [3.05, 3.63) is 53.4 Å². The van der Waals surface area contributed by atoms with Crippen LogP contribution >= 0.6 is 0 Å². The van der Waals surface area contributed by atoms with Gasteiger partial charge in [-0.25, -0.2) is 14.4 Å². The SMILES string of the molecule is CNc1cc(F)cc2c1[nH]c1nc(Cc3ccc(C)nc3)nc(N3CC[C@@]4(C[C@@H]4N)C3)c12. The topological polar surface area (TPSA) is 95.8 Å². The van der Waals surface area contributed by atoms with Gasteiger partial charge in [-0.15, -0.1) is 0 Å². The molecule has 4 heterocycles. The minimum atomic E-state index is -0.286. The second kappa shape index (κ2) is 6.87. The predicted molar refractivity (Wildman–Crippen MR) is 125 cm³/mol. The maximum absolute atomic E-state index is 14.5. The fourth-order valence-corrected chi connectivity index (χ4v) is 5.11. The monoisotopic (exact) mass is 431 g/mol. The fourth-order valence-electron chi connectivity index (χ4n) is 5.11. The maximum Gasteiger partial charge on any atom is 0.144 e. The predicted octanol–water partition coefficient (Wildman–Crippen LogP) is 3.51. The molecule has 1 aliphatic carbocycles. The van der Waals surface area contributed by atoms with Gasteiger partial charge in [0.05, 0.1) is 16.6 Å². The average Bonchev–Trinajstić information content (AvgIpc) is 3.10. The summed E-state index contributed by atoms with van der Waals surface area (Å²) in [5.41, 5.74) is 10.8. The molecule has 0 radical (unpaired) electrons. The largest absolute Gasteiger partial charge is 0.386 e. The molecule has 1 aliphatic heterocycles. The zero-order valence-corrected chi connectivity index (χ0v) is 18.2. The molecule has 0 amide bonds. The van der Waals surface area contributed by atoms with Gasteiger partial charge in [-0.05, 0) is 43.5 Å². The number of aryl methyl sites for hydroxylation is 1. The van der Waals surface area contributed by atoms with Crippen molar-refractivity contribution in [2.75, 3.05) is 30.4 Å². The van der Waals surface area contributed by atoms with Crippen LogP contribution in [0.15, 0.2) is 30.5 Å². The van der Waals surface area contributed by atoms with Crippen LogP contribution in [0.2, 0.25) is 0 Å². The van der Waals surface area contributed by atoms with Crippen LogP contribution in [0.25, 0.3) is 21.9 Å². The van der Waals surface area contributed by atoms with Gasteiger partial charge < -0.3 is 20.9 Å². The number of pyridine rings is 1. The van der Waals surface area contributed by atoms with Gasteiger partial charge in [-0.2, -0.15) is 0 Å². The van der Waals surface area contributed by atoms with E-state index in [-0.39, 0.29) is 17.3 Å². The first-order chi connectivity index (χ1) is 15.5. The number of nitrogens with zero attached hydrogens (tertiary/aromatic N) is 4. The first-order valence-corrected chi connectivity index (χ1v) is 11.1.